The summed E-state index contributed by atoms with van der Waals surface area (Å²) in [5.74, 6) is -1.47. The molecular weight excluding hydrogens is 365 g/mol. The van der Waals surface area contributed by atoms with Crippen LogP contribution in [0.2, 0.25) is 0 Å². The maximum atomic E-state index is 14.6. The van der Waals surface area contributed by atoms with Gasteiger partial charge in [-0.2, -0.15) is 5.26 Å². The molecule has 1 aliphatic rings. The van der Waals surface area contributed by atoms with E-state index in [1.165, 1.54) is 30.3 Å². The zero-order chi connectivity index (χ0) is 19.8. The van der Waals surface area contributed by atoms with E-state index in [0.717, 1.165) is 0 Å². The van der Waals surface area contributed by atoms with Crippen molar-refractivity contribution in [1.29, 1.82) is 5.26 Å². The number of non-ortho nitro benzene ring substituents is 1. The van der Waals surface area contributed by atoms with Crippen molar-refractivity contribution in [2.75, 3.05) is 0 Å². The van der Waals surface area contributed by atoms with E-state index in [-0.39, 0.29) is 28.6 Å². The van der Waals surface area contributed by atoms with Crippen LogP contribution in [0.4, 0.5) is 10.1 Å². The minimum Gasteiger partial charge on any atom is -0.420 e. The van der Waals surface area contributed by atoms with Gasteiger partial charge in [-0.25, -0.2) is 4.39 Å². The number of nitrogens with one attached hydrogen (secondary N) is 1. The van der Waals surface area contributed by atoms with Gasteiger partial charge in [-0.05, 0) is 6.07 Å². The van der Waals surface area contributed by atoms with Crippen LogP contribution in [0.5, 0.6) is 5.88 Å². The second-order valence-corrected chi connectivity index (χ2v) is 6.07. The number of nitriles is 1. The summed E-state index contributed by atoms with van der Waals surface area (Å²) in [6.45, 7) is 0. The third-order valence-electron chi connectivity index (χ3n) is 4.50. The highest BCUT2D eigenvalue weighted by atomic mass is 19.1. The molecule has 1 unspecified atom stereocenters. The highest BCUT2D eigenvalue weighted by Gasteiger charge is 2.37. The second-order valence-electron chi connectivity index (χ2n) is 6.07. The van der Waals surface area contributed by atoms with Crippen LogP contribution in [0.15, 0.2) is 60.0 Å². The topological polar surface area (TPSA) is 131 Å². The Bertz CT molecular complexity index is 1180. The average molecular weight is 377 g/mol. The number of nitrogens with two attached hydrogens (primary N) is 1. The number of aromatic amines is 1. The van der Waals surface area contributed by atoms with Gasteiger partial charge in [-0.3, -0.25) is 15.2 Å². The molecule has 0 amide bonds. The van der Waals surface area contributed by atoms with Crippen LogP contribution in [-0.2, 0) is 0 Å². The van der Waals surface area contributed by atoms with Crippen LogP contribution in [0.3, 0.4) is 0 Å². The SMILES string of the molecule is N#CC1=C(N)Oc2n[nH]c(-c3cccc([N+](=O)[O-])c3)c2C1c1ccccc1F. The number of H-pyrrole nitrogens is 1. The zero-order valence-electron chi connectivity index (χ0n) is 14.2. The van der Waals surface area contributed by atoms with Gasteiger partial charge in [0, 0.05) is 23.3 Å². The molecule has 28 heavy (non-hydrogen) atoms. The van der Waals surface area contributed by atoms with E-state index in [0.29, 0.717) is 16.8 Å². The van der Waals surface area contributed by atoms with E-state index in [4.69, 9.17) is 10.5 Å². The summed E-state index contributed by atoms with van der Waals surface area (Å²) < 4.78 is 20.0. The van der Waals surface area contributed by atoms with Crippen LogP contribution in [0.25, 0.3) is 11.3 Å². The Kier molecular flexibility index (Phi) is 4.01. The molecule has 0 saturated heterocycles. The number of fused-ring (bicyclic) bond motifs is 1. The number of ether oxygens (including phenoxy) is 1. The van der Waals surface area contributed by atoms with E-state index in [1.54, 1.807) is 18.2 Å². The normalized spacial score (nSPS) is 15.5. The zero-order valence-corrected chi connectivity index (χ0v) is 14.2. The molecule has 0 aliphatic carbocycles. The van der Waals surface area contributed by atoms with Crippen molar-refractivity contribution in [3.05, 3.63) is 87.0 Å². The summed E-state index contributed by atoms with van der Waals surface area (Å²) in [7, 11) is 0. The van der Waals surface area contributed by atoms with Gasteiger partial charge in [0.05, 0.1) is 22.1 Å². The molecule has 0 fully saturated rings. The summed E-state index contributed by atoms with van der Waals surface area (Å²) in [5.41, 5.74) is 7.22. The predicted molar refractivity (Wildman–Crippen MR) is 96.4 cm³/mol. The third-order valence-corrected chi connectivity index (χ3v) is 4.50. The number of halogens is 1. The predicted octanol–water partition coefficient (Wildman–Crippen LogP) is 3.34. The number of nitro groups is 1. The Hall–Kier alpha value is -4.19. The molecule has 3 aromatic rings. The fourth-order valence-corrected chi connectivity index (χ4v) is 3.26. The van der Waals surface area contributed by atoms with Crippen molar-refractivity contribution in [2.24, 2.45) is 5.73 Å². The number of hydrogen-bond acceptors (Lipinski definition) is 6. The molecule has 1 aromatic heterocycles. The van der Waals surface area contributed by atoms with Crippen molar-refractivity contribution in [3.8, 4) is 23.2 Å². The Morgan fingerprint density at radius 3 is 2.79 bits per heavy atom. The van der Waals surface area contributed by atoms with Crippen molar-refractivity contribution < 1.29 is 14.1 Å². The van der Waals surface area contributed by atoms with E-state index >= 15 is 0 Å². The number of nitro benzene ring substituents is 1. The molecule has 4 rings (SSSR count). The minimum absolute atomic E-state index is 0.0330. The number of nitrogens with zero attached hydrogens (tertiary/aromatic N) is 3. The molecule has 0 saturated carbocycles. The molecule has 8 nitrogen and oxygen atoms in total. The highest BCUT2D eigenvalue weighted by molar-refractivity contribution is 5.72. The highest BCUT2D eigenvalue weighted by Crippen LogP contribution is 2.46. The smallest absolute Gasteiger partial charge is 0.270 e. The Labute approximate surface area is 157 Å². The van der Waals surface area contributed by atoms with Gasteiger partial charge < -0.3 is 10.5 Å². The van der Waals surface area contributed by atoms with Gasteiger partial charge in [0.1, 0.15) is 17.5 Å². The fraction of sp³-hybridized carbons (Fsp3) is 0.0526. The van der Waals surface area contributed by atoms with Gasteiger partial charge in [0.2, 0.25) is 11.8 Å². The summed E-state index contributed by atoms with van der Waals surface area (Å²) in [6.07, 6.45) is 0. The summed E-state index contributed by atoms with van der Waals surface area (Å²) in [4.78, 5) is 10.6. The van der Waals surface area contributed by atoms with E-state index in [9.17, 15) is 19.8 Å². The number of allylic oxidation sites excluding steroid dienone is 1. The maximum absolute atomic E-state index is 14.6. The first-order chi connectivity index (χ1) is 13.5. The van der Waals surface area contributed by atoms with E-state index in [1.807, 2.05) is 6.07 Å². The Morgan fingerprint density at radius 1 is 1.29 bits per heavy atom. The quantitative estimate of drug-likeness (QED) is 0.532. The summed E-state index contributed by atoms with van der Waals surface area (Å²) in [5, 5.41) is 27.6. The van der Waals surface area contributed by atoms with Gasteiger partial charge >= 0.3 is 0 Å². The molecule has 0 radical (unpaired) electrons. The molecule has 0 spiro atoms. The van der Waals surface area contributed by atoms with Crippen molar-refractivity contribution in [1.82, 2.24) is 10.2 Å². The lowest BCUT2D eigenvalue weighted by Crippen LogP contribution is -2.21. The van der Waals surface area contributed by atoms with Crippen molar-refractivity contribution in [2.45, 2.75) is 5.92 Å². The number of hydrogen-bond donors (Lipinski definition) is 2. The third kappa shape index (κ3) is 2.64. The van der Waals surface area contributed by atoms with Gasteiger partial charge in [0.25, 0.3) is 5.69 Å². The second kappa shape index (κ2) is 6.51. The number of rotatable bonds is 3. The van der Waals surface area contributed by atoms with Gasteiger partial charge in [-0.1, -0.05) is 30.3 Å². The molecular formula is C19H12FN5O3. The first-order valence-electron chi connectivity index (χ1n) is 8.16. The van der Waals surface area contributed by atoms with Crippen LogP contribution in [0, 0.1) is 27.3 Å². The van der Waals surface area contributed by atoms with E-state index < -0.39 is 16.7 Å². The van der Waals surface area contributed by atoms with Gasteiger partial charge in [0.15, 0.2) is 0 Å². The molecule has 2 aromatic carbocycles. The molecule has 138 valence electrons. The molecule has 1 aliphatic heterocycles. The maximum Gasteiger partial charge on any atom is 0.270 e. The van der Waals surface area contributed by atoms with Crippen molar-refractivity contribution in [3.63, 3.8) is 0 Å². The molecule has 1 atom stereocenters. The Morgan fingerprint density at radius 2 is 2.07 bits per heavy atom. The standard InChI is InChI=1S/C19H12FN5O3/c20-14-7-2-1-6-12(14)15-13(9-21)18(22)28-19-16(15)17(23-24-19)10-4-3-5-11(8-10)25(26)27/h1-8,15H,22H2,(H,23,24). The lowest BCUT2D eigenvalue weighted by Gasteiger charge is -2.24. The van der Waals surface area contributed by atoms with E-state index in [2.05, 4.69) is 10.2 Å². The average Bonchev–Trinajstić information content (AvgIpc) is 3.11. The number of aromatic nitrogens is 2. The lowest BCUT2D eigenvalue weighted by atomic mass is 9.83. The fourth-order valence-electron chi connectivity index (χ4n) is 3.26. The molecule has 2 heterocycles. The largest absolute Gasteiger partial charge is 0.420 e. The van der Waals surface area contributed by atoms with Gasteiger partial charge in [-0.15, -0.1) is 5.10 Å². The van der Waals surface area contributed by atoms with Crippen molar-refractivity contribution >= 4 is 5.69 Å². The Balaban J connectivity index is 1.97. The van der Waals surface area contributed by atoms with Crippen LogP contribution in [-0.4, -0.2) is 15.1 Å². The van der Waals surface area contributed by atoms with Crippen LogP contribution >= 0.6 is 0 Å². The van der Waals surface area contributed by atoms with Crippen LogP contribution < -0.4 is 10.5 Å². The van der Waals surface area contributed by atoms with Crippen LogP contribution in [0.1, 0.15) is 17.0 Å². The first kappa shape index (κ1) is 17.2. The summed E-state index contributed by atoms with van der Waals surface area (Å²) >= 11 is 0. The minimum atomic E-state index is -0.872. The first-order valence-corrected chi connectivity index (χ1v) is 8.16. The number of benzene rings is 2. The molecule has 9 heteroatoms. The molecule has 0 bridgehead atoms. The summed E-state index contributed by atoms with van der Waals surface area (Å²) in [6, 6.07) is 13.9. The molecule has 3 N–H and O–H groups in total. The lowest BCUT2D eigenvalue weighted by molar-refractivity contribution is -0.384. The monoisotopic (exact) mass is 377 g/mol.